The molecule has 1 heterocycles. The number of nitrogens with zero attached hydrogens (tertiary/aromatic N) is 1. The molecule has 196 valence electrons. The van der Waals surface area contributed by atoms with Crippen LogP contribution in [0.1, 0.15) is 18.1 Å². The zero-order valence-corrected chi connectivity index (χ0v) is 22.1. The van der Waals surface area contributed by atoms with E-state index in [2.05, 4.69) is 15.4 Å². The van der Waals surface area contributed by atoms with Gasteiger partial charge < -0.3 is 15.5 Å². The first-order valence-electron chi connectivity index (χ1n) is 12.2. The van der Waals surface area contributed by atoms with Crippen molar-refractivity contribution in [3.8, 4) is 0 Å². The molecule has 0 saturated carbocycles. The second-order valence-electron chi connectivity index (χ2n) is 9.00. The van der Waals surface area contributed by atoms with Gasteiger partial charge in [0.15, 0.2) is 0 Å². The molecule has 8 nitrogen and oxygen atoms in total. The third-order valence-electron chi connectivity index (χ3n) is 6.38. The second kappa shape index (κ2) is 10.5. The largest absolute Gasteiger partial charge is 0.354 e. The van der Waals surface area contributed by atoms with Crippen molar-refractivity contribution in [2.24, 2.45) is 0 Å². The van der Waals surface area contributed by atoms with Crippen LogP contribution >= 0.6 is 0 Å². The summed E-state index contributed by atoms with van der Waals surface area (Å²) in [5.74, 6) is -0.395. The quantitative estimate of drug-likeness (QED) is 0.273. The van der Waals surface area contributed by atoms with Crippen LogP contribution in [0.2, 0.25) is 0 Å². The maximum absolute atomic E-state index is 13.3. The van der Waals surface area contributed by atoms with E-state index in [4.69, 9.17) is 0 Å². The molecule has 1 aliphatic rings. The Morgan fingerprint density at radius 2 is 1.44 bits per heavy atom. The zero-order chi connectivity index (χ0) is 27.6. The lowest BCUT2D eigenvalue weighted by Crippen LogP contribution is -2.22. The molecule has 0 fully saturated rings. The van der Waals surface area contributed by atoms with Crippen molar-refractivity contribution in [2.75, 3.05) is 27.3 Å². The Hall–Kier alpha value is -4.89. The molecule has 0 aliphatic carbocycles. The van der Waals surface area contributed by atoms with E-state index < -0.39 is 10.0 Å². The first kappa shape index (κ1) is 25.7. The van der Waals surface area contributed by atoms with E-state index in [9.17, 15) is 18.0 Å². The number of anilines is 4. The summed E-state index contributed by atoms with van der Waals surface area (Å²) in [7, 11) is -2.12. The van der Waals surface area contributed by atoms with Crippen LogP contribution < -0.4 is 20.3 Å². The summed E-state index contributed by atoms with van der Waals surface area (Å²) in [6, 6.07) is 29.7. The summed E-state index contributed by atoms with van der Waals surface area (Å²) in [4.78, 5) is 26.7. The molecule has 0 aromatic heterocycles. The SMILES string of the molecule is CC(=O)N(C)c1ccc(NC(=C2C(=O)Nc3ccc(NS(=O)(=O)c4ccccc4)cc32)c2ccccc2)cc1. The maximum atomic E-state index is 13.3. The maximum Gasteiger partial charge on any atom is 0.261 e. The fourth-order valence-electron chi connectivity index (χ4n) is 4.27. The van der Waals surface area contributed by atoms with Gasteiger partial charge >= 0.3 is 0 Å². The summed E-state index contributed by atoms with van der Waals surface area (Å²) in [5, 5.41) is 6.26. The number of hydrogen-bond acceptors (Lipinski definition) is 5. The number of carbonyl (C=O) groups excluding carboxylic acids is 2. The van der Waals surface area contributed by atoms with Crippen molar-refractivity contribution >= 4 is 55.9 Å². The van der Waals surface area contributed by atoms with Crippen molar-refractivity contribution < 1.29 is 18.0 Å². The molecular weight excluding hydrogens is 512 g/mol. The number of fused-ring (bicyclic) bond motifs is 1. The van der Waals surface area contributed by atoms with Crippen molar-refractivity contribution in [3.05, 3.63) is 114 Å². The summed E-state index contributed by atoms with van der Waals surface area (Å²) in [6.45, 7) is 1.49. The zero-order valence-electron chi connectivity index (χ0n) is 21.3. The number of hydrogen-bond donors (Lipinski definition) is 3. The van der Waals surface area contributed by atoms with Gasteiger partial charge in [-0.05, 0) is 60.2 Å². The second-order valence-corrected chi connectivity index (χ2v) is 10.7. The highest BCUT2D eigenvalue weighted by atomic mass is 32.2. The Balaban J connectivity index is 1.56. The van der Waals surface area contributed by atoms with Crippen LogP contribution in [0.15, 0.2) is 108 Å². The first-order chi connectivity index (χ1) is 18.7. The van der Waals surface area contributed by atoms with E-state index in [0.29, 0.717) is 33.9 Å². The number of benzene rings is 4. The summed E-state index contributed by atoms with van der Waals surface area (Å²) in [6.07, 6.45) is 0. The van der Waals surface area contributed by atoms with Gasteiger partial charge in [-0.15, -0.1) is 0 Å². The predicted molar refractivity (Wildman–Crippen MR) is 155 cm³/mol. The monoisotopic (exact) mass is 538 g/mol. The van der Waals surface area contributed by atoms with Gasteiger partial charge in [0.05, 0.1) is 16.2 Å². The highest BCUT2D eigenvalue weighted by Crippen LogP contribution is 2.39. The Morgan fingerprint density at radius 1 is 0.821 bits per heavy atom. The fourth-order valence-corrected chi connectivity index (χ4v) is 5.34. The van der Waals surface area contributed by atoms with Gasteiger partial charge in [-0.25, -0.2) is 8.42 Å². The lowest BCUT2D eigenvalue weighted by atomic mass is 9.99. The molecule has 5 rings (SSSR count). The summed E-state index contributed by atoms with van der Waals surface area (Å²) < 4.78 is 28.5. The normalized spacial score (nSPS) is 13.7. The molecular formula is C30H26N4O4S. The number of amides is 2. The fraction of sp³-hybridized carbons (Fsp3) is 0.0667. The molecule has 0 saturated heterocycles. The van der Waals surface area contributed by atoms with Gasteiger partial charge in [-0.2, -0.15) is 0 Å². The van der Waals surface area contributed by atoms with Crippen LogP contribution in [0.4, 0.5) is 22.7 Å². The molecule has 9 heteroatoms. The van der Waals surface area contributed by atoms with Gasteiger partial charge in [0.25, 0.3) is 15.9 Å². The Kier molecular flexibility index (Phi) is 6.91. The smallest absolute Gasteiger partial charge is 0.261 e. The van der Waals surface area contributed by atoms with E-state index in [1.165, 1.54) is 19.1 Å². The molecule has 39 heavy (non-hydrogen) atoms. The molecule has 0 spiro atoms. The van der Waals surface area contributed by atoms with Crippen LogP contribution in [-0.2, 0) is 19.6 Å². The van der Waals surface area contributed by atoms with Gasteiger partial charge in [0.1, 0.15) is 0 Å². The number of sulfonamides is 1. The van der Waals surface area contributed by atoms with Gasteiger partial charge in [-0.1, -0.05) is 48.5 Å². The van der Waals surface area contributed by atoms with Crippen molar-refractivity contribution in [2.45, 2.75) is 11.8 Å². The highest BCUT2D eigenvalue weighted by Gasteiger charge is 2.29. The van der Waals surface area contributed by atoms with E-state index in [-0.39, 0.29) is 16.7 Å². The van der Waals surface area contributed by atoms with E-state index in [1.807, 2.05) is 54.6 Å². The van der Waals surface area contributed by atoms with Gasteiger partial charge in [-0.3, -0.25) is 14.3 Å². The van der Waals surface area contributed by atoms with E-state index in [0.717, 1.165) is 11.3 Å². The van der Waals surface area contributed by atoms with Crippen LogP contribution in [0.3, 0.4) is 0 Å². The average Bonchev–Trinajstić information content (AvgIpc) is 3.27. The van der Waals surface area contributed by atoms with Crippen LogP contribution in [0, 0.1) is 0 Å². The minimum Gasteiger partial charge on any atom is -0.354 e. The third-order valence-corrected chi connectivity index (χ3v) is 7.78. The van der Waals surface area contributed by atoms with Crippen LogP contribution in [0.5, 0.6) is 0 Å². The molecule has 3 N–H and O–H groups in total. The molecule has 0 bridgehead atoms. The molecule has 2 amide bonds. The molecule has 0 unspecified atom stereocenters. The van der Waals surface area contributed by atoms with Gasteiger partial charge in [0.2, 0.25) is 5.91 Å². The molecule has 4 aromatic rings. The standard InChI is InChI=1S/C30H26N4O4S/c1-20(35)34(2)24-16-13-22(14-17-24)31-29(21-9-5-3-6-10-21)28-26-19-23(15-18-27(26)32-30(28)36)33-39(37,38)25-11-7-4-8-12-25/h3-19,31,33H,1-2H3,(H,32,36). The van der Waals surface area contributed by atoms with E-state index >= 15 is 0 Å². The molecule has 4 aromatic carbocycles. The molecule has 0 radical (unpaired) electrons. The minimum atomic E-state index is -3.82. The van der Waals surface area contributed by atoms with E-state index in [1.54, 1.807) is 48.3 Å². The predicted octanol–water partition coefficient (Wildman–Crippen LogP) is 5.40. The number of rotatable bonds is 7. The number of nitrogens with one attached hydrogen (secondary N) is 3. The van der Waals surface area contributed by atoms with Crippen molar-refractivity contribution in [1.29, 1.82) is 0 Å². The lowest BCUT2D eigenvalue weighted by Gasteiger charge is -2.18. The third kappa shape index (κ3) is 5.39. The minimum absolute atomic E-state index is 0.0827. The number of carbonyl (C=O) groups is 2. The topological polar surface area (TPSA) is 108 Å². The Morgan fingerprint density at radius 3 is 2.08 bits per heavy atom. The molecule has 0 atom stereocenters. The van der Waals surface area contributed by atoms with Gasteiger partial charge in [0, 0.05) is 42.3 Å². The first-order valence-corrected chi connectivity index (χ1v) is 13.7. The highest BCUT2D eigenvalue weighted by molar-refractivity contribution is 7.92. The summed E-state index contributed by atoms with van der Waals surface area (Å²) >= 11 is 0. The molecule has 1 aliphatic heterocycles. The Bertz CT molecular complexity index is 1680. The van der Waals surface area contributed by atoms with Crippen LogP contribution in [-0.4, -0.2) is 27.3 Å². The Labute approximate surface area is 227 Å². The average molecular weight is 539 g/mol. The van der Waals surface area contributed by atoms with Crippen LogP contribution in [0.25, 0.3) is 11.3 Å². The van der Waals surface area contributed by atoms with Crippen molar-refractivity contribution in [3.63, 3.8) is 0 Å². The summed E-state index contributed by atoms with van der Waals surface area (Å²) in [5.41, 5.74) is 4.63. The van der Waals surface area contributed by atoms with Crippen molar-refractivity contribution in [1.82, 2.24) is 0 Å². The lowest BCUT2D eigenvalue weighted by molar-refractivity contribution is -0.116.